The molecule has 1 aromatic carbocycles. The van der Waals surface area contributed by atoms with Crippen LogP contribution in [0.4, 0.5) is 4.79 Å². The number of hydrogen-bond donors (Lipinski definition) is 6. The number of hydrogen-bond acceptors (Lipinski definition) is 9. The fraction of sp³-hybridized carbons (Fsp3) is 0.656. The molecule has 7 N–H and O–H groups in total. The molecule has 2 heterocycles. The SMILES string of the molecule is COCC(=O)N[C@@H](C(=O)N1NCCC[C@H]1C(=O)N[C@@H](Cc1ccccc1)[C@@H](O)[C@H](C)C(=O)C[C@H]1CCN(C(N)=O)C1)[C@H](O)C(C)C. The summed E-state index contributed by atoms with van der Waals surface area (Å²) < 4.78 is 4.86. The van der Waals surface area contributed by atoms with Crippen LogP contribution >= 0.6 is 0 Å². The van der Waals surface area contributed by atoms with Gasteiger partial charge in [0.25, 0.3) is 5.91 Å². The summed E-state index contributed by atoms with van der Waals surface area (Å²) in [6.45, 7) is 5.97. The van der Waals surface area contributed by atoms with Crippen molar-refractivity contribution in [1.29, 1.82) is 0 Å². The molecule has 2 aliphatic rings. The van der Waals surface area contributed by atoms with Gasteiger partial charge in [-0.3, -0.25) is 24.2 Å². The second-order valence-electron chi connectivity index (χ2n) is 12.7. The van der Waals surface area contributed by atoms with Crippen LogP contribution in [0.1, 0.15) is 52.0 Å². The van der Waals surface area contributed by atoms with Crippen molar-refractivity contribution in [2.24, 2.45) is 23.5 Å². The summed E-state index contributed by atoms with van der Waals surface area (Å²) in [6.07, 6.45) is -0.609. The number of aliphatic hydroxyl groups is 2. The number of amides is 5. The van der Waals surface area contributed by atoms with Gasteiger partial charge >= 0.3 is 6.03 Å². The average Bonchev–Trinajstić information content (AvgIpc) is 3.51. The highest BCUT2D eigenvalue weighted by molar-refractivity contribution is 5.92. The molecule has 0 bridgehead atoms. The molecular formula is C32H50N6O8. The number of nitrogens with zero attached hydrogens (tertiary/aromatic N) is 2. The van der Waals surface area contributed by atoms with E-state index in [9.17, 15) is 34.2 Å². The summed E-state index contributed by atoms with van der Waals surface area (Å²) in [5, 5.41) is 28.9. The Bertz CT molecular complexity index is 1200. The zero-order valence-corrected chi connectivity index (χ0v) is 27.2. The van der Waals surface area contributed by atoms with Gasteiger partial charge in [-0.15, -0.1) is 0 Å². The van der Waals surface area contributed by atoms with E-state index in [1.165, 1.54) is 12.0 Å². The van der Waals surface area contributed by atoms with Crippen LogP contribution in [-0.2, 0) is 30.3 Å². The maximum atomic E-state index is 13.9. The fourth-order valence-corrected chi connectivity index (χ4v) is 6.00. The summed E-state index contributed by atoms with van der Waals surface area (Å²) >= 11 is 0. The first-order chi connectivity index (χ1) is 21.8. The number of aliphatic hydroxyl groups excluding tert-OH is 2. The quantitative estimate of drug-likeness (QED) is 0.148. The molecule has 14 heteroatoms. The van der Waals surface area contributed by atoms with Crippen LogP contribution in [0.5, 0.6) is 0 Å². The van der Waals surface area contributed by atoms with Gasteiger partial charge in [0.05, 0.1) is 18.2 Å². The van der Waals surface area contributed by atoms with Gasteiger partial charge in [-0.05, 0) is 43.1 Å². The minimum Gasteiger partial charge on any atom is -0.390 e. The maximum absolute atomic E-state index is 13.9. The number of carbonyl (C=O) groups excluding carboxylic acids is 5. The third-order valence-electron chi connectivity index (χ3n) is 8.82. The van der Waals surface area contributed by atoms with E-state index in [1.807, 2.05) is 30.3 Å². The van der Waals surface area contributed by atoms with E-state index in [2.05, 4.69) is 16.1 Å². The average molecular weight is 647 g/mol. The molecule has 0 unspecified atom stereocenters. The molecule has 7 atom stereocenters. The second kappa shape index (κ2) is 17.4. The van der Waals surface area contributed by atoms with E-state index in [-0.39, 0.29) is 37.1 Å². The standard InChI is InChI=1S/C32H50N6O8/c1-19(2)28(41)27(36-26(40)18-46-4)31(44)38-24(11-8-13-34-38)30(43)35-23(15-21-9-6-5-7-10-21)29(42)20(3)25(39)16-22-12-14-37(17-22)32(33)45/h5-7,9-10,19-20,22-24,27-29,34,41-42H,8,11-18H2,1-4H3,(H2,33,45)(H,35,43)(H,36,40)/t20-,22-,23+,24+,27-,28-,29+/m1/s1. The van der Waals surface area contributed by atoms with Crippen LogP contribution in [0.2, 0.25) is 0 Å². The Balaban J connectivity index is 1.79. The Morgan fingerprint density at radius 1 is 1.04 bits per heavy atom. The molecule has 0 aromatic heterocycles. The van der Waals surface area contributed by atoms with Gasteiger partial charge in [0.1, 0.15) is 24.5 Å². The smallest absolute Gasteiger partial charge is 0.314 e. The first-order valence-corrected chi connectivity index (χ1v) is 16.0. The number of Topliss-reactive ketones (excluding diaryl/α,β-unsaturated/α-hetero) is 1. The molecule has 1 aromatic rings. The summed E-state index contributed by atoms with van der Waals surface area (Å²) in [7, 11) is 1.34. The number of ketones is 1. The Labute approximate surface area is 270 Å². The van der Waals surface area contributed by atoms with Gasteiger partial charge in [0.15, 0.2) is 0 Å². The molecule has 14 nitrogen and oxygen atoms in total. The van der Waals surface area contributed by atoms with Crippen LogP contribution in [-0.4, -0.2) is 113 Å². The third kappa shape index (κ3) is 9.95. The van der Waals surface area contributed by atoms with Crippen LogP contribution < -0.4 is 21.8 Å². The molecule has 0 aliphatic carbocycles. The monoisotopic (exact) mass is 646 g/mol. The lowest BCUT2D eigenvalue weighted by molar-refractivity contribution is -0.153. The summed E-state index contributed by atoms with van der Waals surface area (Å²) in [5.41, 5.74) is 9.16. The number of urea groups is 1. The number of nitrogens with one attached hydrogen (secondary N) is 3. The van der Waals surface area contributed by atoms with Crippen LogP contribution in [0.3, 0.4) is 0 Å². The molecule has 2 aliphatic heterocycles. The lowest BCUT2D eigenvalue weighted by Crippen LogP contribution is -2.66. The van der Waals surface area contributed by atoms with Crippen molar-refractivity contribution in [3.63, 3.8) is 0 Å². The normalized spacial score (nSPS) is 21.6. The molecule has 3 rings (SSSR count). The number of ether oxygens (including phenoxy) is 1. The number of hydrazine groups is 1. The van der Waals surface area contributed by atoms with Crippen molar-refractivity contribution < 1.29 is 38.9 Å². The zero-order chi connectivity index (χ0) is 34.0. The Morgan fingerprint density at radius 2 is 1.74 bits per heavy atom. The number of rotatable bonds is 15. The van der Waals surface area contributed by atoms with Crippen molar-refractivity contribution >= 4 is 29.5 Å². The van der Waals surface area contributed by atoms with Gasteiger partial charge in [-0.25, -0.2) is 10.2 Å². The van der Waals surface area contributed by atoms with Crippen LogP contribution in [0, 0.1) is 17.8 Å². The molecule has 5 amide bonds. The van der Waals surface area contributed by atoms with E-state index in [0.717, 1.165) is 10.6 Å². The summed E-state index contributed by atoms with van der Waals surface area (Å²) in [5.74, 6) is -3.30. The number of nitrogens with two attached hydrogens (primary N) is 1. The topological polar surface area (TPSA) is 204 Å². The minimum absolute atomic E-state index is 0.0665. The van der Waals surface area contributed by atoms with E-state index in [4.69, 9.17) is 10.5 Å². The minimum atomic E-state index is -1.34. The van der Waals surface area contributed by atoms with E-state index in [0.29, 0.717) is 38.9 Å². The summed E-state index contributed by atoms with van der Waals surface area (Å²) in [6, 6.07) is 5.47. The number of benzene rings is 1. The highest BCUT2D eigenvalue weighted by Gasteiger charge is 2.41. The van der Waals surface area contributed by atoms with Crippen molar-refractivity contribution in [2.45, 2.75) is 83.2 Å². The van der Waals surface area contributed by atoms with E-state index >= 15 is 0 Å². The lowest BCUT2D eigenvalue weighted by atomic mass is 9.86. The van der Waals surface area contributed by atoms with Crippen molar-refractivity contribution in [2.75, 3.05) is 33.4 Å². The maximum Gasteiger partial charge on any atom is 0.314 e. The molecule has 256 valence electrons. The second-order valence-corrected chi connectivity index (χ2v) is 12.7. The van der Waals surface area contributed by atoms with Gasteiger partial charge in [0, 0.05) is 39.1 Å². The highest BCUT2D eigenvalue weighted by Crippen LogP contribution is 2.24. The largest absolute Gasteiger partial charge is 0.390 e. The number of primary amides is 1. The molecule has 2 fully saturated rings. The number of methoxy groups -OCH3 is 1. The van der Waals surface area contributed by atoms with Crippen LogP contribution in [0.15, 0.2) is 30.3 Å². The third-order valence-corrected chi connectivity index (χ3v) is 8.82. The molecule has 0 spiro atoms. The van der Waals surface area contributed by atoms with Crippen molar-refractivity contribution in [3.05, 3.63) is 35.9 Å². The van der Waals surface area contributed by atoms with Crippen LogP contribution in [0.25, 0.3) is 0 Å². The molecule has 0 radical (unpaired) electrons. The van der Waals surface area contributed by atoms with E-state index in [1.54, 1.807) is 20.8 Å². The lowest BCUT2D eigenvalue weighted by Gasteiger charge is -2.39. The zero-order valence-electron chi connectivity index (χ0n) is 27.2. The highest BCUT2D eigenvalue weighted by atomic mass is 16.5. The fourth-order valence-electron chi connectivity index (χ4n) is 6.00. The van der Waals surface area contributed by atoms with Gasteiger partial charge < -0.3 is 36.2 Å². The predicted octanol–water partition coefficient (Wildman–Crippen LogP) is -0.286. The molecule has 46 heavy (non-hydrogen) atoms. The van der Waals surface area contributed by atoms with Crippen molar-refractivity contribution in [3.8, 4) is 0 Å². The molecule has 0 saturated carbocycles. The molecular weight excluding hydrogens is 596 g/mol. The van der Waals surface area contributed by atoms with Gasteiger partial charge in [-0.2, -0.15) is 0 Å². The Hall–Kier alpha value is -3.59. The van der Waals surface area contributed by atoms with Gasteiger partial charge in [0.2, 0.25) is 11.8 Å². The molecule has 2 saturated heterocycles. The number of likely N-dealkylation sites (tertiary alicyclic amines) is 1. The predicted molar refractivity (Wildman–Crippen MR) is 169 cm³/mol. The van der Waals surface area contributed by atoms with Crippen molar-refractivity contribution in [1.82, 2.24) is 26.0 Å². The van der Waals surface area contributed by atoms with E-state index < -0.39 is 60.0 Å². The number of carbonyl (C=O) groups is 5. The first kappa shape index (κ1) is 36.9. The Morgan fingerprint density at radius 3 is 2.35 bits per heavy atom. The van der Waals surface area contributed by atoms with Gasteiger partial charge in [-0.1, -0.05) is 51.1 Å². The summed E-state index contributed by atoms with van der Waals surface area (Å²) in [4.78, 5) is 66.3. The Kier molecular flexibility index (Phi) is 13.9. The first-order valence-electron chi connectivity index (χ1n) is 16.0.